The van der Waals surface area contributed by atoms with Crippen molar-refractivity contribution in [2.24, 2.45) is 10.2 Å². The van der Waals surface area contributed by atoms with Crippen molar-refractivity contribution >= 4 is 17.5 Å². The molecule has 1 aromatic heterocycles. The molecule has 0 spiro atoms. The standard InChI is InChI=1S/C6H2N4O2/c11-4-3-5(8-2-1-7-3)9-10-6(4)12/h1-2H. The van der Waals surface area contributed by atoms with E-state index in [2.05, 4.69) is 20.2 Å². The smallest absolute Gasteiger partial charge is 0.281 e. The van der Waals surface area contributed by atoms with Gasteiger partial charge in [-0.25, -0.2) is 9.97 Å². The maximum atomic E-state index is 11.0. The second-order valence-corrected chi connectivity index (χ2v) is 2.06. The Balaban J connectivity index is 2.67. The van der Waals surface area contributed by atoms with Gasteiger partial charge in [-0.2, -0.15) is 0 Å². The number of hydrogen-bond acceptors (Lipinski definition) is 5. The van der Waals surface area contributed by atoms with Gasteiger partial charge in [-0.1, -0.05) is 0 Å². The van der Waals surface area contributed by atoms with Crippen molar-refractivity contribution in [3.05, 3.63) is 18.1 Å². The summed E-state index contributed by atoms with van der Waals surface area (Å²) in [4.78, 5) is 29.1. The number of carbonyl (C=O) groups excluding carboxylic acids is 2. The minimum atomic E-state index is -0.900. The number of rotatable bonds is 0. The van der Waals surface area contributed by atoms with E-state index >= 15 is 0 Å². The van der Waals surface area contributed by atoms with Gasteiger partial charge in [-0.3, -0.25) is 9.59 Å². The maximum absolute atomic E-state index is 11.0. The van der Waals surface area contributed by atoms with E-state index < -0.39 is 11.7 Å². The summed E-state index contributed by atoms with van der Waals surface area (Å²) in [5.74, 6) is -1.56. The molecule has 1 aliphatic rings. The Bertz CT molecular complexity index is 398. The SMILES string of the molecule is O=C1N=Nc2nccnc2C1=O. The van der Waals surface area contributed by atoms with Gasteiger partial charge in [0.25, 0.3) is 5.78 Å². The van der Waals surface area contributed by atoms with Gasteiger partial charge in [0.2, 0.25) is 5.82 Å². The number of fused-ring (bicyclic) bond motifs is 1. The van der Waals surface area contributed by atoms with Crippen LogP contribution in [0.2, 0.25) is 0 Å². The van der Waals surface area contributed by atoms with Crippen LogP contribution in [0.3, 0.4) is 0 Å². The molecule has 1 aromatic rings. The van der Waals surface area contributed by atoms with E-state index in [1.54, 1.807) is 0 Å². The third-order valence-corrected chi connectivity index (χ3v) is 1.32. The number of hydrogen-bond donors (Lipinski definition) is 0. The van der Waals surface area contributed by atoms with Crippen molar-refractivity contribution in [1.29, 1.82) is 0 Å². The Morgan fingerprint density at radius 2 is 1.75 bits per heavy atom. The Labute approximate surface area is 66.4 Å². The van der Waals surface area contributed by atoms with Crippen LogP contribution in [-0.2, 0) is 4.79 Å². The molecule has 12 heavy (non-hydrogen) atoms. The second-order valence-electron chi connectivity index (χ2n) is 2.06. The molecule has 0 atom stereocenters. The predicted molar refractivity (Wildman–Crippen MR) is 35.9 cm³/mol. The fourth-order valence-electron chi connectivity index (χ4n) is 0.804. The van der Waals surface area contributed by atoms with Crippen LogP contribution in [0.5, 0.6) is 0 Å². The Kier molecular flexibility index (Phi) is 1.26. The van der Waals surface area contributed by atoms with Crippen LogP contribution in [0.15, 0.2) is 22.6 Å². The highest BCUT2D eigenvalue weighted by Crippen LogP contribution is 2.18. The fourth-order valence-corrected chi connectivity index (χ4v) is 0.804. The summed E-state index contributed by atoms with van der Waals surface area (Å²) < 4.78 is 0. The molecule has 0 radical (unpaired) electrons. The van der Waals surface area contributed by atoms with Gasteiger partial charge in [0.1, 0.15) is 0 Å². The van der Waals surface area contributed by atoms with Crippen molar-refractivity contribution in [1.82, 2.24) is 9.97 Å². The number of amides is 1. The average Bonchev–Trinajstić information content (AvgIpc) is 2.12. The van der Waals surface area contributed by atoms with Crippen LogP contribution in [0.25, 0.3) is 0 Å². The molecule has 0 unspecified atom stereocenters. The molecule has 2 heterocycles. The monoisotopic (exact) mass is 162 g/mol. The third-order valence-electron chi connectivity index (χ3n) is 1.32. The van der Waals surface area contributed by atoms with Crippen LogP contribution in [-0.4, -0.2) is 21.7 Å². The van der Waals surface area contributed by atoms with Gasteiger partial charge in [-0.15, -0.1) is 10.2 Å². The average molecular weight is 162 g/mol. The lowest BCUT2D eigenvalue weighted by Gasteiger charge is -2.01. The quantitative estimate of drug-likeness (QED) is 0.513. The normalized spacial score (nSPS) is 14.7. The van der Waals surface area contributed by atoms with Gasteiger partial charge in [0.15, 0.2) is 5.69 Å². The summed E-state index contributed by atoms with van der Waals surface area (Å²) in [7, 11) is 0. The maximum Gasteiger partial charge on any atom is 0.338 e. The zero-order chi connectivity index (χ0) is 8.55. The van der Waals surface area contributed by atoms with Crippen LogP contribution < -0.4 is 0 Å². The first-order valence-electron chi connectivity index (χ1n) is 3.10. The Morgan fingerprint density at radius 1 is 1.00 bits per heavy atom. The minimum absolute atomic E-state index is 0.0301. The van der Waals surface area contributed by atoms with E-state index in [1.807, 2.05) is 0 Å². The molecular formula is C6H2N4O2. The highest BCUT2D eigenvalue weighted by atomic mass is 16.2. The molecule has 0 aliphatic carbocycles. The lowest BCUT2D eigenvalue weighted by molar-refractivity contribution is -0.114. The van der Waals surface area contributed by atoms with Crippen molar-refractivity contribution < 1.29 is 9.59 Å². The molecule has 0 saturated heterocycles. The summed E-state index contributed by atoms with van der Waals surface area (Å²) in [6, 6.07) is 0. The summed E-state index contributed by atoms with van der Waals surface area (Å²) in [5, 5.41) is 6.49. The lowest BCUT2D eigenvalue weighted by atomic mass is 10.2. The molecule has 0 aromatic carbocycles. The van der Waals surface area contributed by atoms with Gasteiger partial charge in [0, 0.05) is 12.4 Å². The van der Waals surface area contributed by atoms with Crippen molar-refractivity contribution in [2.75, 3.05) is 0 Å². The molecule has 0 fully saturated rings. The largest absolute Gasteiger partial charge is 0.338 e. The van der Waals surface area contributed by atoms with E-state index in [4.69, 9.17) is 0 Å². The van der Waals surface area contributed by atoms with Gasteiger partial charge >= 0.3 is 5.91 Å². The Morgan fingerprint density at radius 3 is 2.58 bits per heavy atom. The zero-order valence-electron chi connectivity index (χ0n) is 5.76. The van der Waals surface area contributed by atoms with E-state index in [0.29, 0.717) is 0 Å². The number of nitrogens with zero attached hydrogens (tertiary/aromatic N) is 4. The van der Waals surface area contributed by atoms with Crippen LogP contribution in [0.4, 0.5) is 5.82 Å². The number of carbonyl (C=O) groups is 2. The van der Waals surface area contributed by atoms with Gasteiger partial charge in [-0.05, 0) is 0 Å². The number of azo groups is 1. The lowest BCUT2D eigenvalue weighted by Crippen LogP contribution is -2.16. The molecule has 2 rings (SSSR count). The van der Waals surface area contributed by atoms with Crippen molar-refractivity contribution in [3.63, 3.8) is 0 Å². The fraction of sp³-hybridized carbons (Fsp3) is 0. The first-order valence-corrected chi connectivity index (χ1v) is 3.10. The molecule has 6 nitrogen and oxygen atoms in total. The molecular weight excluding hydrogens is 160 g/mol. The van der Waals surface area contributed by atoms with Crippen molar-refractivity contribution in [2.45, 2.75) is 0 Å². The van der Waals surface area contributed by atoms with E-state index in [9.17, 15) is 9.59 Å². The first kappa shape index (κ1) is 6.71. The van der Waals surface area contributed by atoms with Crippen LogP contribution in [0, 0.1) is 0 Å². The van der Waals surface area contributed by atoms with Crippen molar-refractivity contribution in [3.8, 4) is 0 Å². The molecule has 1 amide bonds. The molecule has 1 aliphatic heterocycles. The molecule has 0 N–H and O–H groups in total. The van der Waals surface area contributed by atoms with Gasteiger partial charge in [0.05, 0.1) is 0 Å². The van der Waals surface area contributed by atoms with E-state index in [-0.39, 0.29) is 11.5 Å². The minimum Gasteiger partial charge on any atom is -0.281 e. The number of aromatic nitrogens is 2. The van der Waals surface area contributed by atoms with Crippen LogP contribution >= 0.6 is 0 Å². The number of Topliss-reactive ketones (excluding diaryl/α,β-unsaturated/α-hetero) is 1. The highest BCUT2D eigenvalue weighted by Gasteiger charge is 2.25. The zero-order valence-corrected chi connectivity index (χ0v) is 5.76. The summed E-state index contributed by atoms with van der Waals surface area (Å²) in [6.07, 6.45) is 2.70. The third kappa shape index (κ3) is 0.815. The summed E-state index contributed by atoms with van der Waals surface area (Å²) in [5.41, 5.74) is -0.0301. The van der Waals surface area contributed by atoms with Crippen LogP contribution in [0.1, 0.15) is 10.5 Å². The second kappa shape index (κ2) is 2.26. The molecule has 58 valence electrons. The molecule has 0 bridgehead atoms. The summed E-state index contributed by atoms with van der Waals surface area (Å²) >= 11 is 0. The first-order chi connectivity index (χ1) is 5.79. The molecule has 0 saturated carbocycles. The summed E-state index contributed by atoms with van der Waals surface area (Å²) in [6.45, 7) is 0. The molecule has 6 heteroatoms. The van der Waals surface area contributed by atoms with Gasteiger partial charge < -0.3 is 0 Å². The van der Waals surface area contributed by atoms with E-state index in [1.165, 1.54) is 12.4 Å². The Hall–Kier alpha value is -1.98. The highest BCUT2D eigenvalue weighted by molar-refractivity contribution is 6.44. The predicted octanol–water partition coefficient (Wildman–Crippen LogP) is 0.283. The van der Waals surface area contributed by atoms with E-state index in [0.717, 1.165) is 0 Å². The topological polar surface area (TPSA) is 84.6 Å². The number of ketones is 1.